The van der Waals surface area contributed by atoms with Crippen molar-refractivity contribution in [2.45, 2.75) is 25.8 Å². The summed E-state index contributed by atoms with van der Waals surface area (Å²) in [5.41, 5.74) is 3.36. The van der Waals surface area contributed by atoms with Gasteiger partial charge >= 0.3 is 0 Å². The molecule has 1 heterocycles. The molecular formula is C17H19N3O3. The number of aryl methyl sites for hydroxylation is 2. The van der Waals surface area contributed by atoms with Gasteiger partial charge in [-0.25, -0.2) is 4.68 Å². The lowest BCUT2D eigenvalue weighted by molar-refractivity contribution is 0.101. The number of hydrogen-bond donors (Lipinski definition) is 1. The Hall–Kier alpha value is -2.47. The lowest BCUT2D eigenvalue weighted by Crippen LogP contribution is -2.27. The van der Waals surface area contributed by atoms with E-state index in [0.717, 1.165) is 18.5 Å². The average Bonchev–Trinajstić information content (AvgIpc) is 3.01. The van der Waals surface area contributed by atoms with Crippen molar-refractivity contribution >= 4 is 11.6 Å². The number of benzene rings is 1. The molecule has 0 saturated carbocycles. The fraction of sp³-hybridized carbons (Fsp3) is 0.353. The number of anilines is 1. The van der Waals surface area contributed by atoms with Gasteiger partial charge in [0.15, 0.2) is 0 Å². The van der Waals surface area contributed by atoms with Crippen molar-refractivity contribution in [1.29, 1.82) is 0 Å². The standard InChI is InChI=1S/C17H19N3O3/c1-23-10-9-20-16(21)8-7-15(19-20)17(22)18-14-6-5-12-3-2-4-13(12)11-14/h5-8,11H,2-4,9-10H2,1H3,(H,18,22). The molecule has 0 aliphatic heterocycles. The van der Waals surface area contributed by atoms with E-state index in [2.05, 4.69) is 16.5 Å². The van der Waals surface area contributed by atoms with Crippen LogP contribution in [0.5, 0.6) is 0 Å². The minimum atomic E-state index is -0.325. The molecular weight excluding hydrogens is 294 g/mol. The summed E-state index contributed by atoms with van der Waals surface area (Å²) >= 11 is 0. The van der Waals surface area contributed by atoms with Crippen LogP contribution in [0.3, 0.4) is 0 Å². The van der Waals surface area contributed by atoms with E-state index >= 15 is 0 Å². The van der Waals surface area contributed by atoms with Gasteiger partial charge in [0.1, 0.15) is 5.69 Å². The van der Waals surface area contributed by atoms with Gasteiger partial charge in [-0.2, -0.15) is 5.10 Å². The number of hydrogen-bond acceptors (Lipinski definition) is 4. The van der Waals surface area contributed by atoms with Crippen LogP contribution in [0.4, 0.5) is 5.69 Å². The van der Waals surface area contributed by atoms with E-state index in [9.17, 15) is 9.59 Å². The predicted molar refractivity (Wildman–Crippen MR) is 86.8 cm³/mol. The molecule has 0 radical (unpaired) electrons. The first kappa shape index (κ1) is 15.4. The van der Waals surface area contributed by atoms with Gasteiger partial charge in [0.05, 0.1) is 13.2 Å². The molecule has 0 unspecified atom stereocenters. The maximum atomic E-state index is 12.3. The fourth-order valence-electron chi connectivity index (χ4n) is 2.75. The Kier molecular flexibility index (Phi) is 4.52. The third-order valence-corrected chi connectivity index (χ3v) is 3.96. The second-order valence-corrected chi connectivity index (χ2v) is 5.56. The summed E-state index contributed by atoms with van der Waals surface area (Å²) in [7, 11) is 1.55. The van der Waals surface area contributed by atoms with Crippen molar-refractivity contribution in [3.05, 3.63) is 57.5 Å². The Bertz CT molecular complexity index is 783. The van der Waals surface area contributed by atoms with E-state index in [4.69, 9.17) is 4.74 Å². The van der Waals surface area contributed by atoms with E-state index in [1.807, 2.05) is 12.1 Å². The highest BCUT2D eigenvalue weighted by Crippen LogP contribution is 2.25. The lowest BCUT2D eigenvalue weighted by atomic mass is 10.1. The molecule has 6 heteroatoms. The molecule has 0 bridgehead atoms. The number of fused-ring (bicyclic) bond motifs is 1. The van der Waals surface area contributed by atoms with Crippen LogP contribution < -0.4 is 10.9 Å². The maximum Gasteiger partial charge on any atom is 0.276 e. The van der Waals surface area contributed by atoms with Crippen LogP contribution in [0.25, 0.3) is 0 Å². The normalized spacial score (nSPS) is 12.9. The summed E-state index contributed by atoms with van der Waals surface area (Å²) in [5, 5.41) is 6.93. The Labute approximate surface area is 134 Å². The van der Waals surface area contributed by atoms with Crippen LogP contribution >= 0.6 is 0 Å². The van der Waals surface area contributed by atoms with E-state index < -0.39 is 0 Å². The monoisotopic (exact) mass is 313 g/mol. The predicted octanol–water partition coefficient (Wildman–Crippen LogP) is 1.63. The van der Waals surface area contributed by atoms with Gasteiger partial charge in [0, 0.05) is 18.9 Å². The van der Waals surface area contributed by atoms with Crippen LogP contribution in [0.1, 0.15) is 28.0 Å². The topological polar surface area (TPSA) is 73.2 Å². The summed E-state index contributed by atoms with van der Waals surface area (Å²) in [6.07, 6.45) is 3.33. The van der Waals surface area contributed by atoms with Crippen LogP contribution in [0, 0.1) is 0 Å². The average molecular weight is 313 g/mol. The van der Waals surface area contributed by atoms with Gasteiger partial charge in [-0.1, -0.05) is 6.07 Å². The number of nitrogens with zero attached hydrogens (tertiary/aromatic N) is 2. The number of amides is 1. The zero-order chi connectivity index (χ0) is 16.2. The van der Waals surface area contributed by atoms with Gasteiger partial charge in [-0.05, 0) is 48.6 Å². The summed E-state index contributed by atoms with van der Waals surface area (Å²) < 4.78 is 6.18. The van der Waals surface area contributed by atoms with E-state index in [-0.39, 0.29) is 17.2 Å². The Balaban J connectivity index is 1.76. The van der Waals surface area contributed by atoms with E-state index in [1.54, 1.807) is 7.11 Å². The maximum absolute atomic E-state index is 12.3. The number of ether oxygens (including phenoxy) is 1. The second kappa shape index (κ2) is 6.75. The van der Waals surface area contributed by atoms with Crippen LogP contribution in [-0.2, 0) is 24.1 Å². The smallest absolute Gasteiger partial charge is 0.276 e. The molecule has 1 aromatic carbocycles. The summed E-state index contributed by atoms with van der Waals surface area (Å²) in [6, 6.07) is 8.77. The van der Waals surface area contributed by atoms with E-state index in [1.165, 1.54) is 34.4 Å². The minimum Gasteiger partial charge on any atom is -0.383 e. The van der Waals surface area contributed by atoms with Crippen molar-refractivity contribution in [2.75, 3.05) is 19.0 Å². The first-order valence-electron chi connectivity index (χ1n) is 7.67. The van der Waals surface area contributed by atoms with Gasteiger partial charge in [0.2, 0.25) is 0 Å². The molecule has 0 saturated heterocycles. The molecule has 0 spiro atoms. The molecule has 6 nitrogen and oxygen atoms in total. The first-order valence-corrected chi connectivity index (χ1v) is 7.67. The van der Waals surface area contributed by atoms with Crippen LogP contribution in [0.2, 0.25) is 0 Å². The number of carbonyl (C=O) groups is 1. The molecule has 0 fully saturated rings. The highest BCUT2D eigenvalue weighted by atomic mass is 16.5. The number of rotatable bonds is 5. The van der Waals surface area contributed by atoms with Gasteiger partial charge in [-0.3, -0.25) is 9.59 Å². The van der Waals surface area contributed by atoms with E-state index in [0.29, 0.717) is 13.2 Å². The quantitative estimate of drug-likeness (QED) is 0.910. The Morgan fingerprint density at radius 1 is 1.26 bits per heavy atom. The van der Waals surface area contributed by atoms with Crippen LogP contribution in [0.15, 0.2) is 35.1 Å². The Morgan fingerprint density at radius 2 is 2.09 bits per heavy atom. The molecule has 1 amide bonds. The lowest BCUT2D eigenvalue weighted by Gasteiger charge is -2.09. The molecule has 1 N–H and O–H groups in total. The van der Waals surface area contributed by atoms with Gasteiger partial charge in [0.25, 0.3) is 11.5 Å². The molecule has 1 aromatic heterocycles. The van der Waals surface area contributed by atoms with Gasteiger partial charge < -0.3 is 10.1 Å². The number of aromatic nitrogens is 2. The summed E-state index contributed by atoms with van der Waals surface area (Å²) in [5.74, 6) is -0.325. The van der Waals surface area contributed by atoms with Crippen molar-refractivity contribution in [3.63, 3.8) is 0 Å². The SMILES string of the molecule is COCCn1nc(C(=O)Nc2ccc3c(c2)CCC3)ccc1=O. The third-order valence-electron chi connectivity index (χ3n) is 3.96. The zero-order valence-corrected chi connectivity index (χ0v) is 13.0. The Morgan fingerprint density at radius 3 is 2.91 bits per heavy atom. The largest absolute Gasteiger partial charge is 0.383 e. The van der Waals surface area contributed by atoms with Crippen LogP contribution in [-0.4, -0.2) is 29.4 Å². The molecule has 2 aromatic rings. The highest BCUT2D eigenvalue weighted by molar-refractivity contribution is 6.02. The molecule has 0 atom stereocenters. The van der Waals surface area contributed by atoms with Crippen molar-refractivity contribution in [3.8, 4) is 0 Å². The zero-order valence-electron chi connectivity index (χ0n) is 13.0. The second-order valence-electron chi connectivity index (χ2n) is 5.56. The molecule has 1 aliphatic rings. The molecule has 3 rings (SSSR count). The number of nitrogens with one attached hydrogen (secondary N) is 1. The van der Waals surface area contributed by atoms with Crippen molar-refractivity contribution in [1.82, 2.24) is 9.78 Å². The number of carbonyl (C=O) groups excluding carboxylic acids is 1. The molecule has 23 heavy (non-hydrogen) atoms. The molecule has 1 aliphatic carbocycles. The summed E-state index contributed by atoms with van der Waals surface area (Å²) in [4.78, 5) is 24.0. The fourth-order valence-corrected chi connectivity index (χ4v) is 2.75. The highest BCUT2D eigenvalue weighted by Gasteiger charge is 2.14. The first-order chi connectivity index (χ1) is 11.2. The molecule has 120 valence electrons. The summed E-state index contributed by atoms with van der Waals surface area (Å²) in [6.45, 7) is 0.679. The van der Waals surface area contributed by atoms with Gasteiger partial charge in [-0.15, -0.1) is 0 Å². The van der Waals surface area contributed by atoms with Crippen molar-refractivity contribution < 1.29 is 9.53 Å². The minimum absolute atomic E-state index is 0.209. The number of methoxy groups -OCH3 is 1. The van der Waals surface area contributed by atoms with Crippen molar-refractivity contribution in [2.24, 2.45) is 0 Å². The third kappa shape index (κ3) is 3.48.